The lowest BCUT2D eigenvalue weighted by molar-refractivity contribution is 0.246. The molecule has 4 nitrogen and oxygen atoms in total. The fourth-order valence-electron chi connectivity index (χ4n) is 1.95. The summed E-state index contributed by atoms with van der Waals surface area (Å²) < 4.78 is 0. The van der Waals surface area contributed by atoms with Crippen molar-refractivity contribution in [1.82, 2.24) is 15.1 Å². The number of nitrogens with zero attached hydrogens (tertiary/aromatic N) is 3. The lowest BCUT2D eigenvalue weighted by Crippen LogP contribution is -2.44. The van der Waals surface area contributed by atoms with Crippen LogP contribution < -0.4 is 5.32 Å². The van der Waals surface area contributed by atoms with Gasteiger partial charge < -0.3 is 10.2 Å². The van der Waals surface area contributed by atoms with E-state index >= 15 is 0 Å². The van der Waals surface area contributed by atoms with Crippen LogP contribution >= 0.6 is 24.0 Å². The number of hydrogen-bond acceptors (Lipinski definition) is 4. The van der Waals surface area contributed by atoms with E-state index in [0.29, 0.717) is 6.04 Å². The maximum atomic E-state index is 4.42. The first kappa shape index (κ1) is 14.0. The molecule has 16 heavy (non-hydrogen) atoms. The summed E-state index contributed by atoms with van der Waals surface area (Å²) >= 11 is 0. The minimum atomic E-state index is 0. The molecule has 5 heteroatoms. The van der Waals surface area contributed by atoms with Crippen LogP contribution in [0.1, 0.15) is 19.8 Å². The Hall–Kier alpha value is -0.0400. The van der Waals surface area contributed by atoms with Crippen molar-refractivity contribution >= 4 is 29.9 Å². The van der Waals surface area contributed by atoms with Crippen LogP contribution in [0, 0.1) is 0 Å². The minimum absolute atomic E-state index is 0. The van der Waals surface area contributed by atoms with Gasteiger partial charge in [-0.15, -0.1) is 24.0 Å². The van der Waals surface area contributed by atoms with E-state index in [1.807, 2.05) is 0 Å². The van der Waals surface area contributed by atoms with Gasteiger partial charge in [-0.3, -0.25) is 9.89 Å². The van der Waals surface area contributed by atoms with Crippen molar-refractivity contribution in [3.63, 3.8) is 0 Å². The third-order valence-corrected chi connectivity index (χ3v) is 3.43. The summed E-state index contributed by atoms with van der Waals surface area (Å²) in [6, 6.07) is 1.43. The van der Waals surface area contributed by atoms with Crippen molar-refractivity contribution in [2.75, 3.05) is 33.7 Å². The van der Waals surface area contributed by atoms with E-state index in [4.69, 9.17) is 0 Å². The molecule has 0 aromatic rings. The summed E-state index contributed by atoms with van der Waals surface area (Å²) in [6.45, 7) is 5.26. The molecule has 2 aliphatic rings. The van der Waals surface area contributed by atoms with Gasteiger partial charge >= 0.3 is 0 Å². The van der Waals surface area contributed by atoms with E-state index in [9.17, 15) is 0 Å². The molecule has 0 spiro atoms. The summed E-state index contributed by atoms with van der Waals surface area (Å²) in [5.74, 6) is 1.06. The summed E-state index contributed by atoms with van der Waals surface area (Å²) in [5, 5.41) is 3.43. The number of likely N-dealkylation sites (N-methyl/N-ethyl adjacent to an activating group) is 2. The van der Waals surface area contributed by atoms with E-state index in [0.717, 1.165) is 31.6 Å². The molecule has 1 aliphatic heterocycles. The van der Waals surface area contributed by atoms with Crippen LogP contribution in [-0.4, -0.2) is 61.6 Å². The molecule has 1 atom stereocenters. The van der Waals surface area contributed by atoms with E-state index in [1.54, 1.807) is 0 Å². The molecule has 0 bridgehead atoms. The number of rotatable bonds is 4. The van der Waals surface area contributed by atoms with Crippen molar-refractivity contribution in [2.45, 2.75) is 31.8 Å². The van der Waals surface area contributed by atoms with E-state index < -0.39 is 0 Å². The van der Waals surface area contributed by atoms with Gasteiger partial charge in [-0.1, -0.05) is 0 Å². The Morgan fingerprint density at radius 1 is 1.56 bits per heavy atom. The minimum Gasteiger partial charge on any atom is -0.355 e. The van der Waals surface area contributed by atoms with Crippen LogP contribution in [0.4, 0.5) is 0 Å². The fraction of sp³-hybridized carbons (Fsp3) is 0.909. The van der Waals surface area contributed by atoms with Crippen molar-refractivity contribution in [3.8, 4) is 0 Å². The monoisotopic (exact) mass is 338 g/mol. The Morgan fingerprint density at radius 2 is 2.25 bits per heavy atom. The SMILES string of the molecule is CC(CNC1=NCCN1C)N(C)C1CC1.I. The molecule has 1 unspecified atom stereocenters. The Balaban J connectivity index is 0.00000128. The number of nitrogens with one attached hydrogen (secondary N) is 1. The van der Waals surface area contributed by atoms with Crippen LogP contribution in [0.5, 0.6) is 0 Å². The standard InChI is InChI=1S/C11H22N4.HI/c1-9(15(3)10-4-5-10)8-13-11-12-6-7-14(11)2;/h9-10H,4-8H2,1-3H3,(H,12,13);1H. The van der Waals surface area contributed by atoms with Crippen molar-refractivity contribution < 1.29 is 0 Å². The highest BCUT2D eigenvalue weighted by Crippen LogP contribution is 2.26. The molecular weight excluding hydrogens is 315 g/mol. The molecule has 0 aromatic heterocycles. The van der Waals surface area contributed by atoms with Crippen molar-refractivity contribution in [1.29, 1.82) is 0 Å². The first-order valence-electron chi connectivity index (χ1n) is 5.90. The van der Waals surface area contributed by atoms with Crippen molar-refractivity contribution in [2.24, 2.45) is 4.99 Å². The molecular formula is C11H23IN4. The third kappa shape index (κ3) is 3.48. The first-order chi connectivity index (χ1) is 7.18. The topological polar surface area (TPSA) is 30.9 Å². The van der Waals surface area contributed by atoms with Gasteiger partial charge in [0, 0.05) is 32.2 Å². The van der Waals surface area contributed by atoms with E-state index in [1.165, 1.54) is 12.8 Å². The summed E-state index contributed by atoms with van der Waals surface area (Å²) in [4.78, 5) is 9.08. The lowest BCUT2D eigenvalue weighted by atomic mass is 10.3. The maximum Gasteiger partial charge on any atom is 0.193 e. The number of aliphatic imine (C=N–C) groups is 1. The average Bonchev–Trinajstić information content (AvgIpc) is 2.99. The molecule has 1 fully saturated rings. The van der Waals surface area contributed by atoms with E-state index in [-0.39, 0.29) is 24.0 Å². The van der Waals surface area contributed by atoms with E-state index in [2.05, 4.69) is 41.1 Å². The Kier molecular flexibility index (Phi) is 5.30. The van der Waals surface area contributed by atoms with Gasteiger partial charge in [0.2, 0.25) is 0 Å². The maximum absolute atomic E-state index is 4.42. The zero-order valence-electron chi connectivity index (χ0n) is 10.4. The molecule has 0 amide bonds. The van der Waals surface area contributed by atoms with Gasteiger partial charge in [0.1, 0.15) is 0 Å². The molecule has 1 saturated carbocycles. The normalized spacial score (nSPS) is 21.8. The summed E-state index contributed by atoms with van der Waals surface area (Å²) in [7, 11) is 4.32. The van der Waals surface area contributed by atoms with Crippen LogP contribution in [0.3, 0.4) is 0 Å². The van der Waals surface area contributed by atoms with Gasteiger partial charge in [0.05, 0.1) is 6.54 Å². The largest absolute Gasteiger partial charge is 0.355 e. The van der Waals surface area contributed by atoms with Gasteiger partial charge in [-0.05, 0) is 26.8 Å². The zero-order valence-corrected chi connectivity index (χ0v) is 12.8. The van der Waals surface area contributed by atoms with Gasteiger partial charge in [-0.25, -0.2) is 0 Å². The second kappa shape index (κ2) is 6.05. The molecule has 2 rings (SSSR count). The highest BCUT2D eigenvalue weighted by atomic mass is 127. The molecule has 0 saturated heterocycles. The Labute approximate surface area is 115 Å². The highest BCUT2D eigenvalue weighted by molar-refractivity contribution is 14.0. The third-order valence-electron chi connectivity index (χ3n) is 3.43. The Morgan fingerprint density at radius 3 is 2.75 bits per heavy atom. The molecule has 94 valence electrons. The smallest absolute Gasteiger partial charge is 0.193 e. The molecule has 1 N–H and O–H groups in total. The van der Waals surface area contributed by atoms with Crippen LogP contribution in [0.25, 0.3) is 0 Å². The second-order valence-electron chi connectivity index (χ2n) is 4.75. The fourth-order valence-corrected chi connectivity index (χ4v) is 1.95. The van der Waals surface area contributed by atoms with Crippen molar-refractivity contribution in [3.05, 3.63) is 0 Å². The molecule has 1 heterocycles. The first-order valence-corrected chi connectivity index (χ1v) is 5.90. The Bertz CT molecular complexity index is 252. The number of hydrogen-bond donors (Lipinski definition) is 1. The lowest BCUT2D eigenvalue weighted by Gasteiger charge is -2.26. The second-order valence-corrected chi connectivity index (χ2v) is 4.75. The summed E-state index contributed by atoms with van der Waals surface area (Å²) in [6.07, 6.45) is 2.75. The van der Waals surface area contributed by atoms with Gasteiger partial charge in [-0.2, -0.15) is 0 Å². The predicted molar refractivity (Wildman–Crippen MR) is 78.6 cm³/mol. The van der Waals surface area contributed by atoms with Gasteiger partial charge in [0.25, 0.3) is 0 Å². The molecule has 0 radical (unpaired) electrons. The predicted octanol–water partition coefficient (Wildman–Crippen LogP) is 0.978. The zero-order chi connectivity index (χ0) is 10.8. The van der Waals surface area contributed by atoms with Crippen LogP contribution in [-0.2, 0) is 0 Å². The summed E-state index contributed by atoms with van der Waals surface area (Å²) in [5.41, 5.74) is 0. The van der Waals surface area contributed by atoms with Gasteiger partial charge in [0.15, 0.2) is 5.96 Å². The van der Waals surface area contributed by atoms with Crippen LogP contribution in [0.15, 0.2) is 4.99 Å². The molecule has 0 aromatic carbocycles. The number of guanidine groups is 1. The van der Waals surface area contributed by atoms with Crippen LogP contribution in [0.2, 0.25) is 0 Å². The highest BCUT2D eigenvalue weighted by Gasteiger charge is 2.29. The molecule has 1 aliphatic carbocycles. The number of halogens is 1. The quantitative estimate of drug-likeness (QED) is 0.776. The average molecular weight is 338 g/mol.